The van der Waals surface area contributed by atoms with Crippen molar-refractivity contribution >= 4 is 15.9 Å². The number of amides is 1. The van der Waals surface area contributed by atoms with Crippen LogP contribution < -0.4 is 24.3 Å². The van der Waals surface area contributed by atoms with Crippen LogP contribution in [0.2, 0.25) is 0 Å². The van der Waals surface area contributed by atoms with Crippen LogP contribution in [0.1, 0.15) is 18.4 Å². The summed E-state index contributed by atoms with van der Waals surface area (Å²) in [5.41, 5.74) is 0.753. The summed E-state index contributed by atoms with van der Waals surface area (Å²) in [6.07, 6.45) is 0.897. The Morgan fingerprint density at radius 3 is 2.03 bits per heavy atom. The lowest BCUT2D eigenvalue weighted by Crippen LogP contribution is -2.42. The zero-order valence-electron chi connectivity index (χ0n) is 19.3. The third-order valence-corrected chi connectivity index (χ3v) is 7.67. The number of nitrogens with one attached hydrogen (secondary N) is 1. The van der Waals surface area contributed by atoms with Gasteiger partial charge >= 0.3 is 0 Å². The first kappa shape index (κ1) is 24.7. The van der Waals surface area contributed by atoms with Crippen LogP contribution in [0.3, 0.4) is 0 Å². The SMILES string of the molecule is COc1ccc(S(=O)(=O)N2CCC(C(=O)NCc3cc(OC)c(OC)cc3OC)CC2)cc1. The molecule has 1 heterocycles. The van der Waals surface area contributed by atoms with Gasteiger partial charge in [-0.2, -0.15) is 4.31 Å². The van der Waals surface area contributed by atoms with Gasteiger partial charge in [0.15, 0.2) is 11.5 Å². The minimum absolute atomic E-state index is 0.117. The normalized spacial score (nSPS) is 15.0. The monoisotopic (exact) mass is 478 g/mol. The van der Waals surface area contributed by atoms with E-state index in [9.17, 15) is 13.2 Å². The van der Waals surface area contributed by atoms with Gasteiger partial charge in [0.1, 0.15) is 11.5 Å². The minimum Gasteiger partial charge on any atom is -0.497 e. The van der Waals surface area contributed by atoms with E-state index in [1.165, 1.54) is 23.5 Å². The standard InChI is InChI=1S/C23H30N2O7S/c1-29-18-5-7-19(8-6-18)33(27,28)25-11-9-16(10-12-25)23(26)24-15-17-13-21(31-3)22(32-4)14-20(17)30-2/h5-8,13-14,16H,9-12,15H2,1-4H3,(H,24,26). The van der Waals surface area contributed by atoms with E-state index >= 15 is 0 Å². The second-order valence-electron chi connectivity index (χ2n) is 7.59. The van der Waals surface area contributed by atoms with Crippen LogP contribution in [0, 0.1) is 5.92 Å². The Hall–Kier alpha value is -2.98. The Labute approximate surface area is 194 Å². The molecule has 1 N–H and O–H groups in total. The molecule has 33 heavy (non-hydrogen) atoms. The Bertz CT molecular complexity index is 1060. The van der Waals surface area contributed by atoms with Crippen LogP contribution in [0.25, 0.3) is 0 Å². The van der Waals surface area contributed by atoms with Crippen LogP contribution >= 0.6 is 0 Å². The van der Waals surface area contributed by atoms with Gasteiger partial charge in [-0.1, -0.05) is 0 Å². The fourth-order valence-corrected chi connectivity index (χ4v) is 5.28. The maximum absolute atomic E-state index is 12.9. The van der Waals surface area contributed by atoms with E-state index in [1.54, 1.807) is 45.6 Å². The highest BCUT2D eigenvalue weighted by Crippen LogP contribution is 2.34. The lowest BCUT2D eigenvalue weighted by atomic mass is 9.97. The molecule has 0 unspecified atom stereocenters. The van der Waals surface area contributed by atoms with Gasteiger partial charge in [0, 0.05) is 37.2 Å². The largest absolute Gasteiger partial charge is 0.497 e. The van der Waals surface area contributed by atoms with Crippen molar-refractivity contribution in [1.29, 1.82) is 0 Å². The third kappa shape index (κ3) is 5.51. The second kappa shape index (κ2) is 10.8. The number of carbonyl (C=O) groups is 1. The van der Waals surface area contributed by atoms with Crippen LogP contribution in [-0.4, -0.2) is 60.2 Å². The number of rotatable bonds is 9. The number of methoxy groups -OCH3 is 4. The molecule has 180 valence electrons. The molecule has 0 saturated carbocycles. The summed E-state index contributed by atoms with van der Waals surface area (Å²) in [4.78, 5) is 13.0. The summed E-state index contributed by atoms with van der Waals surface area (Å²) in [5, 5.41) is 2.93. The highest BCUT2D eigenvalue weighted by Gasteiger charge is 2.32. The van der Waals surface area contributed by atoms with E-state index in [1.807, 2.05) is 0 Å². The predicted molar refractivity (Wildman–Crippen MR) is 122 cm³/mol. The summed E-state index contributed by atoms with van der Waals surface area (Å²) in [7, 11) is 2.55. The van der Waals surface area contributed by atoms with Crippen molar-refractivity contribution in [2.45, 2.75) is 24.3 Å². The van der Waals surface area contributed by atoms with E-state index in [0.717, 1.165) is 5.56 Å². The molecule has 10 heteroatoms. The van der Waals surface area contributed by atoms with E-state index in [2.05, 4.69) is 5.32 Å². The highest BCUT2D eigenvalue weighted by atomic mass is 32.2. The minimum atomic E-state index is -3.61. The number of carbonyl (C=O) groups excluding carboxylic acids is 1. The van der Waals surface area contributed by atoms with Gasteiger partial charge in [-0.15, -0.1) is 0 Å². The number of hydrogen-bond acceptors (Lipinski definition) is 7. The van der Waals surface area contributed by atoms with E-state index < -0.39 is 10.0 Å². The third-order valence-electron chi connectivity index (χ3n) is 5.76. The summed E-state index contributed by atoms with van der Waals surface area (Å²) >= 11 is 0. The lowest BCUT2D eigenvalue weighted by Gasteiger charge is -2.30. The van der Waals surface area contributed by atoms with Gasteiger partial charge in [0.05, 0.1) is 33.3 Å². The number of ether oxygens (including phenoxy) is 4. The number of sulfonamides is 1. The molecule has 1 amide bonds. The molecule has 0 aliphatic carbocycles. The van der Waals surface area contributed by atoms with Crippen LogP contribution in [0.4, 0.5) is 0 Å². The highest BCUT2D eigenvalue weighted by molar-refractivity contribution is 7.89. The quantitative estimate of drug-likeness (QED) is 0.590. The van der Waals surface area contributed by atoms with Crippen LogP contribution in [-0.2, 0) is 21.4 Å². The first-order valence-electron chi connectivity index (χ1n) is 10.5. The van der Waals surface area contributed by atoms with Crippen molar-refractivity contribution in [1.82, 2.24) is 9.62 Å². The Balaban J connectivity index is 1.59. The van der Waals surface area contributed by atoms with Crippen molar-refractivity contribution in [3.63, 3.8) is 0 Å². The van der Waals surface area contributed by atoms with E-state index in [-0.39, 0.29) is 36.4 Å². The molecule has 2 aromatic carbocycles. The van der Waals surface area contributed by atoms with Crippen LogP contribution in [0.5, 0.6) is 23.0 Å². The number of benzene rings is 2. The van der Waals surface area contributed by atoms with Gasteiger partial charge in [-0.3, -0.25) is 4.79 Å². The summed E-state index contributed by atoms with van der Waals surface area (Å²) in [6, 6.07) is 9.78. The maximum Gasteiger partial charge on any atom is 0.243 e. The average molecular weight is 479 g/mol. The molecule has 0 aromatic heterocycles. The fourth-order valence-electron chi connectivity index (χ4n) is 3.81. The molecule has 0 bridgehead atoms. The lowest BCUT2D eigenvalue weighted by molar-refractivity contribution is -0.126. The molecule has 1 aliphatic rings. The van der Waals surface area contributed by atoms with Gasteiger partial charge < -0.3 is 24.3 Å². The van der Waals surface area contributed by atoms with Crippen molar-refractivity contribution in [2.24, 2.45) is 5.92 Å². The molecule has 2 aromatic rings. The average Bonchev–Trinajstić information content (AvgIpc) is 2.86. The number of piperidine rings is 1. The summed E-state index contributed by atoms with van der Waals surface area (Å²) in [5.74, 6) is 1.87. The Morgan fingerprint density at radius 2 is 1.48 bits per heavy atom. The maximum atomic E-state index is 12.9. The van der Waals surface area contributed by atoms with Crippen LogP contribution in [0.15, 0.2) is 41.3 Å². The first-order valence-corrected chi connectivity index (χ1v) is 12.0. The molecule has 1 saturated heterocycles. The van der Waals surface area contributed by atoms with Gasteiger partial charge in [0.2, 0.25) is 15.9 Å². The second-order valence-corrected chi connectivity index (χ2v) is 9.53. The number of nitrogens with zero attached hydrogens (tertiary/aromatic N) is 1. The summed E-state index contributed by atoms with van der Waals surface area (Å²) in [6.45, 7) is 0.824. The van der Waals surface area contributed by atoms with Crippen molar-refractivity contribution in [3.05, 3.63) is 42.0 Å². The molecular weight excluding hydrogens is 448 g/mol. The van der Waals surface area contributed by atoms with E-state index in [0.29, 0.717) is 35.8 Å². The molecular formula is C23H30N2O7S. The van der Waals surface area contributed by atoms with Gasteiger partial charge in [-0.05, 0) is 43.2 Å². The van der Waals surface area contributed by atoms with Gasteiger partial charge in [0.25, 0.3) is 0 Å². The molecule has 0 spiro atoms. The molecule has 3 rings (SSSR count). The van der Waals surface area contributed by atoms with Crippen molar-refractivity contribution < 1.29 is 32.2 Å². The predicted octanol–water partition coefficient (Wildman–Crippen LogP) is 2.44. The first-order chi connectivity index (χ1) is 15.8. The Morgan fingerprint density at radius 1 is 0.909 bits per heavy atom. The van der Waals surface area contributed by atoms with Gasteiger partial charge in [-0.25, -0.2) is 8.42 Å². The Kier molecular flexibility index (Phi) is 8.04. The topological polar surface area (TPSA) is 103 Å². The summed E-state index contributed by atoms with van der Waals surface area (Å²) < 4.78 is 48.3. The molecule has 1 fully saturated rings. The molecule has 9 nitrogen and oxygen atoms in total. The van der Waals surface area contributed by atoms with E-state index in [4.69, 9.17) is 18.9 Å². The van der Waals surface area contributed by atoms with Crippen molar-refractivity contribution in [3.8, 4) is 23.0 Å². The smallest absolute Gasteiger partial charge is 0.243 e. The molecule has 0 atom stereocenters. The molecule has 1 aliphatic heterocycles. The zero-order valence-corrected chi connectivity index (χ0v) is 20.1. The zero-order chi connectivity index (χ0) is 24.0. The number of hydrogen-bond donors (Lipinski definition) is 1. The van der Waals surface area contributed by atoms with Crippen molar-refractivity contribution in [2.75, 3.05) is 41.5 Å². The fraction of sp³-hybridized carbons (Fsp3) is 0.435. The molecule has 0 radical (unpaired) electrons.